The van der Waals surface area contributed by atoms with Crippen molar-refractivity contribution in [2.75, 3.05) is 23.9 Å². The van der Waals surface area contributed by atoms with Crippen LogP contribution in [-0.4, -0.2) is 45.0 Å². The van der Waals surface area contributed by atoms with Crippen LogP contribution in [-0.2, 0) is 26.1 Å². The van der Waals surface area contributed by atoms with Crippen LogP contribution >= 0.6 is 0 Å². The minimum Gasteiger partial charge on any atom is -0.460 e. The predicted octanol–water partition coefficient (Wildman–Crippen LogP) is 3.17. The monoisotopic (exact) mass is 422 g/mol. The molecule has 0 spiro atoms. The smallest absolute Gasteiger partial charge is 0.327 e. The van der Waals surface area contributed by atoms with E-state index in [1.54, 1.807) is 24.3 Å². The molecule has 0 N–H and O–H groups in total. The van der Waals surface area contributed by atoms with Crippen LogP contribution in [0.5, 0.6) is 0 Å². The molecule has 3 aromatic carbocycles. The molecule has 2 aliphatic heterocycles. The van der Waals surface area contributed by atoms with Crippen LogP contribution in [0.2, 0.25) is 0 Å². The number of nitrogens with zero attached hydrogens (tertiary/aromatic N) is 2. The van der Waals surface area contributed by atoms with Gasteiger partial charge in [0, 0.05) is 25.0 Å². The van der Waals surface area contributed by atoms with Crippen LogP contribution in [0.1, 0.15) is 12.0 Å². The number of carbonyl (C=O) groups excluding carboxylic acids is 1. The first-order chi connectivity index (χ1) is 14.5. The lowest BCUT2D eigenvalue weighted by Crippen LogP contribution is -2.35. The maximum absolute atomic E-state index is 13.0. The minimum atomic E-state index is -3.76. The molecule has 154 valence electrons. The van der Waals surface area contributed by atoms with Crippen LogP contribution in [0.15, 0.2) is 71.6 Å². The molecule has 1 atom stereocenters. The molecule has 7 heteroatoms. The van der Waals surface area contributed by atoms with Gasteiger partial charge in [-0.25, -0.2) is 8.42 Å². The highest BCUT2D eigenvalue weighted by molar-refractivity contribution is 7.93. The number of carbonyl (C=O) groups is 1. The minimum absolute atomic E-state index is 0.218. The summed E-state index contributed by atoms with van der Waals surface area (Å²) in [5.74, 6) is -0.519. The summed E-state index contributed by atoms with van der Waals surface area (Å²) in [6.07, 6.45) is 0.533. The molecule has 30 heavy (non-hydrogen) atoms. The van der Waals surface area contributed by atoms with Gasteiger partial charge in [0.1, 0.15) is 12.6 Å². The zero-order valence-corrected chi connectivity index (χ0v) is 17.2. The highest BCUT2D eigenvalue weighted by Crippen LogP contribution is 2.41. The Morgan fingerprint density at radius 3 is 2.57 bits per heavy atom. The van der Waals surface area contributed by atoms with E-state index >= 15 is 0 Å². The average Bonchev–Trinajstić information content (AvgIpc) is 3.26. The van der Waals surface area contributed by atoms with E-state index in [2.05, 4.69) is 17.0 Å². The topological polar surface area (TPSA) is 66.9 Å². The van der Waals surface area contributed by atoms with Crippen LogP contribution in [0.25, 0.3) is 10.8 Å². The molecule has 6 nitrogen and oxygen atoms in total. The molecule has 0 aliphatic carbocycles. The average molecular weight is 423 g/mol. The van der Waals surface area contributed by atoms with Crippen molar-refractivity contribution in [3.05, 3.63) is 72.3 Å². The maximum atomic E-state index is 13.0. The molecular formula is C23H22N2O4S. The third kappa shape index (κ3) is 3.34. The fraction of sp³-hybridized carbons (Fsp3) is 0.261. The molecule has 5 rings (SSSR count). The molecule has 0 bridgehead atoms. The van der Waals surface area contributed by atoms with Gasteiger partial charge in [-0.3, -0.25) is 14.0 Å². The largest absolute Gasteiger partial charge is 0.460 e. The molecule has 0 radical (unpaired) electrons. The van der Waals surface area contributed by atoms with Gasteiger partial charge in [0.2, 0.25) is 0 Å². The Hall–Kier alpha value is -2.90. The number of likely N-dealkylation sites (tertiary alicyclic amines) is 1. The predicted molar refractivity (Wildman–Crippen MR) is 115 cm³/mol. The summed E-state index contributed by atoms with van der Waals surface area (Å²) < 4.78 is 32.8. The van der Waals surface area contributed by atoms with E-state index in [-0.39, 0.29) is 17.5 Å². The number of sulfonamides is 1. The lowest BCUT2D eigenvalue weighted by molar-refractivity contribution is -0.146. The Labute approximate surface area is 175 Å². The number of hydrogen-bond acceptors (Lipinski definition) is 5. The van der Waals surface area contributed by atoms with Crippen molar-refractivity contribution in [2.45, 2.75) is 24.0 Å². The summed E-state index contributed by atoms with van der Waals surface area (Å²) in [7, 11) is -3.76. The molecule has 2 aliphatic rings. The van der Waals surface area contributed by atoms with Crippen molar-refractivity contribution in [3.63, 3.8) is 0 Å². The molecule has 0 amide bonds. The Balaban J connectivity index is 1.26. The normalized spacial score (nSPS) is 20.0. The van der Waals surface area contributed by atoms with Gasteiger partial charge in [0.15, 0.2) is 0 Å². The van der Waals surface area contributed by atoms with Gasteiger partial charge in [0.25, 0.3) is 10.0 Å². The fourth-order valence-corrected chi connectivity index (χ4v) is 6.00. The van der Waals surface area contributed by atoms with Crippen molar-refractivity contribution in [2.24, 2.45) is 0 Å². The third-order valence-corrected chi connectivity index (χ3v) is 7.53. The van der Waals surface area contributed by atoms with Gasteiger partial charge in [0.05, 0.1) is 10.6 Å². The molecule has 3 aromatic rings. The number of ether oxygens (including phenoxy) is 1. The van der Waals surface area contributed by atoms with Crippen molar-refractivity contribution in [3.8, 4) is 0 Å². The summed E-state index contributed by atoms with van der Waals surface area (Å²) in [6.45, 7) is 2.00. The second-order valence-electron chi connectivity index (χ2n) is 7.76. The molecule has 0 saturated carbocycles. The zero-order valence-electron chi connectivity index (χ0n) is 16.4. The van der Waals surface area contributed by atoms with Gasteiger partial charge in [-0.05, 0) is 29.5 Å². The Bertz CT molecular complexity index is 1210. The molecule has 1 fully saturated rings. The van der Waals surface area contributed by atoms with Crippen LogP contribution in [0, 0.1) is 0 Å². The van der Waals surface area contributed by atoms with E-state index < -0.39 is 16.0 Å². The molecular weight excluding hydrogens is 400 g/mol. The van der Waals surface area contributed by atoms with E-state index in [1.807, 2.05) is 30.3 Å². The van der Waals surface area contributed by atoms with Crippen molar-refractivity contribution in [1.82, 2.24) is 4.90 Å². The first-order valence-electron chi connectivity index (χ1n) is 10.0. The van der Waals surface area contributed by atoms with Crippen molar-refractivity contribution >= 4 is 32.5 Å². The van der Waals surface area contributed by atoms with Gasteiger partial charge >= 0.3 is 5.97 Å². The summed E-state index contributed by atoms with van der Waals surface area (Å²) >= 11 is 0. The van der Waals surface area contributed by atoms with E-state index in [0.29, 0.717) is 17.6 Å². The summed E-state index contributed by atoms with van der Waals surface area (Å²) in [6, 6.07) is 20.8. The number of hydrogen-bond donors (Lipinski definition) is 0. The quantitative estimate of drug-likeness (QED) is 0.591. The Morgan fingerprint density at radius 2 is 1.77 bits per heavy atom. The van der Waals surface area contributed by atoms with Crippen LogP contribution < -0.4 is 4.31 Å². The summed E-state index contributed by atoms with van der Waals surface area (Å²) in [5, 5.41) is 1.51. The first-order valence-corrected chi connectivity index (χ1v) is 11.5. The highest BCUT2D eigenvalue weighted by Gasteiger charge is 2.37. The Morgan fingerprint density at radius 1 is 1.00 bits per heavy atom. The maximum Gasteiger partial charge on any atom is 0.327 e. The number of anilines is 1. The zero-order chi connectivity index (χ0) is 20.7. The third-order valence-electron chi connectivity index (χ3n) is 5.73. The first kappa shape index (κ1) is 19.1. The van der Waals surface area contributed by atoms with Crippen molar-refractivity contribution < 1.29 is 17.9 Å². The fourth-order valence-electron chi connectivity index (χ4n) is 4.35. The van der Waals surface area contributed by atoms with E-state index in [0.717, 1.165) is 24.9 Å². The number of esters is 1. The molecule has 0 aromatic heterocycles. The van der Waals surface area contributed by atoms with Crippen LogP contribution in [0.3, 0.4) is 0 Å². The Kier molecular flexibility index (Phi) is 4.72. The second kappa shape index (κ2) is 7.41. The van der Waals surface area contributed by atoms with Gasteiger partial charge in [-0.15, -0.1) is 0 Å². The molecule has 0 unspecified atom stereocenters. The lowest BCUT2D eigenvalue weighted by Gasteiger charge is -2.20. The van der Waals surface area contributed by atoms with Crippen LogP contribution in [0.4, 0.5) is 5.69 Å². The van der Waals surface area contributed by atoms with E-state index in [9.17, 15) is 13.2 Å². The van der Waals surface area contributed by atoms with E-state index in [1.165, 1.54) is 9.87 Å². The number of benzene rings is 3. The van der Waals surface area contributed by atoms with Gasteiger partial charge in [-0.2, -0.15) is 0 Å². The van der Waals surface area contributed by atoms with Crippen molar-refractivity contribution in [1.29, 1.82) is 0 Å². The number of rotatable bonds is 5. The lowest BCUT2D eigenvalue weighted by atomic mass is 10.1. The SMILES string of the molecule is O=C(CN1c2cccc3cccc(c23)S1(=O)=O)O[C@@H]1CCN(Cc2ccccc2)C1. The standard InChI is InChI=1S/C23H22N2O4S/c26-22(29-19-12-13-24(15-19)14-17-6-2-1-3-7-17)16-25-20-10-4-8-18-9-5-11-21(23(18)20)30(25,27)28/h1-11,19H,12-16H2/t19-/m1/s1. The summed E-state index contributed by atoms with van der Waals surface area (Å²) in [4.78, 5) is 15.1. The molecule has 1 saturated heterocycles. The van der Waals surface area contributed by atoms with Gasteiger partial charge in [-0.1, -0.05) is 54.6 Å². The summed E-state index contributed by atoms with van der Waals surface area (Å²) in [5.41, 5.74) is 1.76. The highest BCUT2D eigenvalue weighted by atomic mass is 32.2. The van der Waals surface area contributed by atoms with Gasteiger partial charge < -0.3 is 4.74 Å². The molecule has 2 heterocycles. The second-order valence-corrected chi connectivity index (χ2v) is 9.60. The van der Waals surface area contributed by atoms with E-state index in [4.69, 9.17) is 4.74 Å².